The summed E-state index contributed by atoms with van der Waals surface area (Å²) >= 11 is 0. The zero-order valence-corrected chi connectivity index (χ0v) is 17.6. The number of ether oxygens (including phenoxy) is 1. The Morgan fingerprint density at radius 2 is 1.94 bits per heavy atom. The number of sulfonamides is 1. The Bertz CT molecular complexity index is 1150. The van der Waals surface area contributed by atoms with Crippen molar-refractivity contribution in [2.75, 3.05) is 13.1 Å². The number of hydrogen-bond donors (Lipinski definition) is 1. The molecule has 8 nitrogen and oxygen atoms in total. The minimum atomic E-state index is -4.89. The monoisotopic (exact) mass is 467 g/mol. The van der Waals surface area contributed by atoms with Gasteiger partial charge in [-0.25, -0.2) is 17.8 Å². The van der Waals surface area contributed by atoms with Gasteiger partial charge in [0.15, 0.2) is 0 Å². The van der Waals surface area contributed by atoms with Crippen molar-refractivity contribution in [2.24, 2.45) is 0 Å². The molecular weight excluding hydrogens is 447 g/mol. The van der Waals surface area contributed by atoms with Crippen LogP contribution in [0.4, 0.5) is 13.2 Å². The van der Waals surface area contributed by atoms with Gasteiger partial charge in [-0.1, -0.05) is 23.4 Å². The maximum Gasteiger partial charge on any atom is 0.573 e. The summed E-state index contributed by atoms with van der Waals surface area (Å²) < 4.78 is 70.6. The van der Waals surface area contributed by atoms with Crippen LogP contribution in [0.3, 0.4) is 0 Å². The summed E-state index contributed by atoms with van der Waals surface area (Å²) in [6.45, 7) is 1.82. The van der Waals surface area contributed by atoms with Crippen LogP contribution in [0.1, 0.15) is 12.0 Å². The van der Waals surface area contributed by atoms with Gasteiger partial charge in [-0.2, -0.15) is 0 Å². The minimum Gasteiger partial charge on any atom is -0.406 e. The van der Waals surface area contributed by atoms with Crippen LogP contribution in [0.25, 0.3) is 5.69 Å². The topological polar surface area (TPSA) is 89.4 Å². The molecule has 1 saturated heterocycles. The number of aromatic nitrogens is 3. The highest BCUT2D eigenvalue weighted by Gasteiger charge is 2.32. The van der Waals surface area contributed by atoms with E-state index in [4.69, 9.17) is 0 Å². The maximum atomic E-state index is 12.6. The van der Waals surface area contributed by atoms with Crippen molar-refractivity contribution in [3.8, 4) is 11.4 Å². The SMILES string of the molecule is O=S(=O)(N[C@@H]1CCN(Cc2ccc(-n3ccnn3)cc2)C1)c1cccc(OC(F)(F)F)c1. The maximum absolute atomic E-state index is 12.6. The molecule has 1 aromatic heterocycles. The van der Waals surface area contributed by atoms with E-state index < -0.39 is 22.1 Å². The summed E-state index contributed by atoms with van der Waals surface area (Å²) in [7, 11) is -3.99. The number of benzene rings is 2. The molecule has 1 fully saturated rings. The molecule has 3 aromatic rings. The average Bonchev–Trinajstić information content (AvgIpc) is 3.40. The number of likely N-dealkylation sites (tertiary alicyclic amines) is 1. The minimum absolute atomic E-state index is 0.276. The quantitative estimate of drug-likeness (QED) is 0.575. The van der Waals surface area contributed by atoms with E-state index in [1.54, 1.807) is 17.1 Å². The molecule has 1 atom stereocenters. The highest BCUT2D eigenvalue weighted by atomic mass is 32.2. The molecule has 170 valence electrons. The van der Waals surface area contributed by atoms with Gasteiger partial charge in [-0.05, 0) is 36.2 Å². The second-order valence-electron chi connectivity index (χ2n) is 7.38. The van der Waals surface area contributed by atoms with Gasteiger partial charge < -0.3 is 4.74 Å². The summed E-state index contributed by atoms with van der Waals surface area (Å²) in [4.78, 5) is 1.84. The van der Waals surface area contributed by atoms with Gasteiger partial charge in [0.25, 0.3) is 0 Å². The Morgan fingerprint density at radius 3 is 2.62 bits per heavy atom. The second kappa shape index (κ2) is 8.88. The normalized spacial score (nSPS) is 17.5. The zero-order chi connectivity index (χ0) is 22.8. The molecule has 0 amide bonds. The van der Waals surface area contributed by atoms with Crippen molar-refractivity contribution in [2.45, 2.75) is 30.3 Å². The van der Waals surface area contributed by atoms with Crippen molar-refractivity contribution in [1.29, 1.82) is 0 Å². The highest BCUT2D eigenvalue weighted by Crippen LogP contribution is 2.25. The van der Waals surface area contributed by atoms with Crippen LogP contribution >= 0.6 is 0 Å². The number of nitrogens with one attached hydrogen (secondary N) is 1. The third kappa shape index (κ3) is 5.64. The smallest absolute Gasteiger partial charge is 0.406 e. The van der Waals surface area contributed by atoms with Crippen LogP contribution in [0.5, 0.6) is 5.75 Å². The van der Waals surface area contributed by atoms with Crippen molar-refractivity contribution in [3.63, 3.8) is 0 Å². The van der Waals surface area contributed by atoms with Gasteiger partial charge in [0, 0.05) is 31.7 Å². The lowest BCUT2D eigenvalue weighted by atomic mass is 10.2. The molecule has 0 aliphatic carbocycles. The van der Waals surface area contributed by atoms with E-state index in [0.717, 1.165) is 23.4 Å². The summed E-state index contributed by atoms with van der Waals surface area (Å²) in [6.07, 6.45) is -0.958. The second-order valence-corrected chi connectivity index (χ2v) is 9.09. The average molecular weight is 467 g/mol. The fourth-order valence-corrected chi connectivity index (χ4v) is 4.85. The van der Waals surface area contributed by atoms with E-state index in [9.17, 15) is 21.6 Å². The molecule has 1 aliphatic rings. The highest BCUT2D eigenvalue weighted by molar-refractivity contribution is 7.89. The predicted molar refractivity (Wildman–Crippen MR) is 108 cm³/mol. The summed E-state index contributed by atoms with van der Waals surface area (Å²) in [5.41, 5.74) is 1.95. The lowest BCUT2D eigenvalue weighted by Gasteiger charge is -2.17. The standard InChI is InChI=1S/C20H20F3N5O3S/c21-20(22,23)31-18-2-1-3-19(12-18)32(29,30)25-16-8-10-27(14-16)13-15-4-6-17(7-5-15)28-11-9-24-26-28/h1-7,9,11-12,16,25H,8,10,13-14H2/t16-/m1/s1. The molecule has 1 aliphatic heterocycles. The molecule has 0 saturated carbocycles. The Hall–Kier alpha value is -2.96. The van der Waals surface area contributed by atoms with Crippen LogP contribution in [0.15, 0.2) is 65.8 Å². The molecule has 0 radical (unpaired) electrons. The van der Waals surface area contributed by atoms with Gasteiger partial charge in [0.2, 0.25) is 10.0 Å². The van der Waals surface area contributed by atoms with Crippen molar-refractivity contribution < 1.29 is 26.3 Å². The van der Waals surface area contributed by atoms with E-state index in [1.165, 1.54) is 12.1 Å². The molecule has 4 rings (SSSR count). The molecule has 12 heteroatoms. The van der Waals surface area contributed by atoms with E-state index in [1.807, 2.05) is 24.3 Å². The number of halogens is 3. The van der Waals surface area contributed by atoms with E-state index >= 15 is 0 Å². The first-order valence-electron chi connectivity index (χ1n) is 9.74. The largest absolute Gasteiger partial charge is 0.573 e. The number of alkyl halides is 3. The first-order valence-corrected chi connectivity index (χ1v) is 11.2. The van der Waals surface area contributed by atoms with Crippen LogP contribution in [-0.2, 0) is 16.6 Å². The fourth-order valence-electron chi connectivity index (χ4n) is 3.56. The summed E-state index contributed by atoms with van der Waals surface area (Å²) in [6, 6.07) is 11.8. The molecule has 32 heavy (non-hydrogen) atoms. The van der Waals surface area contributed by atoms with Crippen LogP contribution in [0, 0.1) is 0 Å². The fraction of sp³-hybridized carbons (Fsp3) is 0.300. The lowest BCUT2D eigenvalue weighted by molar-refractivity contribution is -0.274. The third-order valence-electron chi connectivity index (χ3n) is 4.97. The lowest BCUT2D eigenvalue weighted by Crippen LogP contribution is -2.37. The van der Waals surface area contributed by atoms with Gasteiger partial charge in [-0.3, -0.25) is 4.90 Å². The first kappa shape index (κ1) is 22.2. The summed E-state index contributed by atoms with van der Waals surface area (Å²) in [5, 5.41) is 7.71. The first-order chi connectivity index (χ1) is 15.2. The van der Waals surface area contributed by atoms with Gasteiger partial charge in [0.1, 0.15) is 5.75 Å². The van der Waals surface area contributed by atoms with E-state index in [2.05, 4.69) is 24.7 Å². The van der Waals surface area contributed by atoms with Gasteiger partial charge in [0.05, 0.1) is 23.0 Å². The van der Waals surface area contributed by atoms with Crippen molar-refractivity contribution in [3.05, 3.63) is 66.5 Å². The molecule has 2 heterocycles. The van der Waals surface area contributed by atoms with Gasteiger partial charge >= 0.3 is 6.36 Å². The van der Waals surface area contributed by atoms with Crippen molar-refractivity contribution >= 4 is 10.0 Å². The molecule has 0 spiro atoms. The predicted octanol–water partition coefficient (Wildman–Crippen LogP) is 2.72. The molecule has 1 N–H and O–H groups in total. The van der Waals surface area contributed by atoms with Crippen LogP contribution in [-0.4, -0.2) is 53.8 Å². The number of hydrogen-bond acceptors (Lipinski definition) is 6. The molecule has 2 aromatic carbocycles. The Labute approximate surface area is 182 Å². The Morgan fingerprint density at radius 1 is 1.16 bits per heavy atom. The third-order valence-corrected chi connectivity index (χ3v) is 6.49. The zero-order valence-electron chi connectivity index (χ0n) is 16.7. The van der Waals surface area contributed by atoms with Crippen molar-refractivity contribution in [1.82, 2.24) is 24.6 Å². The van der Waals surface area contributed by atoms with E-state index in [0.29, 0.717) is 26.1 Å². The Balaban J connectivity index is 1.35. The van der Waals surface area contributed by atoms with Crippen LogP contribution in [0.2, 0.25) is 0 Å². The molecule has 0 unspecified atom stereocenters. The van der Waals surface area contributed by atoms with Gasteiger partial charge in [-0.15, -0.1) is 18.3 Å². The Kier molecular flexibility index (Phi) is 6.17. The summed E-state index contributed by atoms with van der Waals surface area (Å²) in [5.74, 6) is -0.581. The molecule has 0 bridgehead atoms. The van der Waals surface area contributed by atoms with E-state index in [-0.39, 0.29) is 10.9 Å². The number of nitrogens with zero attached hydrogens (tertiary/aromatic N) is 4. The number of rotatable bonds is 7. The molecular formula is C20H20F3N5O3S. The van der Waals surface area contributed by atoms with Crippen LogP contribution < -0.4 is 9.46 Å².